The highest BCUT2D eigenvalue weighted by atomic mass is 79.9. The Morgan fingerprint density at radius 2 is 2.32 bits per heavy atom. The highest BCUT2D eigenvalue weighted by Gasteiger charge is 2.32. The van der Waals surface area contributed by atoms with Crippen LogP contribution in [0.3, 0.4) is 0 Å². The average molecular weight is 409 g/mol. The average Bonchev–Trinajstić information content (AvgIpc) is 2.75. The Morgan fingerprint density at radius 1 is 1.59 bits per heavy atom. The third-order valence-electron chi connectivity index (χ3n) is 2.52. The fourth-order valence-electron chi connectivity index (χ4n) is 1.53. The summed E-state index contributed by atoms with van der Waals surface area (Å²) < 4.78 is 13.6. The van der Waals surface area contributed by atoms with E-state index in [1.54, 1.807) is 0 Å². The molecule has 2 N–H and O–H groups in total. The van der Waals surface area contributed by atoms with Crippen molar-refractivity contribution in [1.29, 1.82) is 0 Å². The van der Waals surface area contributed by atoms with Crippen molar-refractivity contribution in [1.82, 2.24) is 5.32 Å². The summed E-state index contributed by atoms with van der Waals surface area (Å²) in [6.07, 6.45) is 1.04. The van der Waals surface area contributed by atoms with E-state index in [1.165, 1.54) is 18.3 Å². The largest absolute Gasteiger partial charge is 0.481 e. The van der Waals surface area contributed by atoms with E-state index in [0.717, 1.165) is 11.8 Å². The Labute approximate surface area is 142 Å². The van der Waals surface area contributed by atoms with Crippen molar-refractivity contribution in [3.63, 3.8) is 0 Å². The monoisotopic (exact) mass is 407 g/mol. The van der Waals surface area contributed by atoms with Crippen LogP contribution < -0.4 is 5.32 Å². The first-order valence-corrected chi connectivity index (χ1v) is 7.86. The van der Waals surface area contributed by atoms with Gasteiger partial charge in [0.05, 0.1) is 17.7 Å². The number of thioether (sulfide) groups is 1. The minimum atomic E-state index is -1.07. The molecule has 1 saturated heterocycles. The summed E-state index contributed by atoms with van der Waals surface area (Å²) in [5.74, 6) is -2.05. The number of hydrogen-bond acceptors (Lipinski definition) is 5. The van der Waals surface area contributed by atoms with E-state index >= 15 is 0 Å². The molecule has 1 aromatic rings. The molecule has 1 heterocycles. The van der Waals surface area contributed by atoms with Crippen LogP contribution in [0.2, 0.25) is 5.02 Å². The molecule has 6 nitrogen and oxygen atoms in total. The standard InChI is InChI=1S/C12H8BrClFN3O3S/c13-6-2-8(15)7(14)1-5(6)4-16-18-12-17-11(21)9(22-12)3-10(19)20/h1-2,4,9H,3H2,(H,19,20)(H,17,18,21). The maximum absolute atomic E-state index is 13.2. The van der Waals surface area contributed by atoms with E-state index < -0.39 is 22.9 Å². The number of nitrogens with one attached hydrogen (secondary N) is 1. The van der Waals surface area contributed by atoms with Gasteiger partial charge in [-0.15, -0.1) is 5.10 Å². The van der Waals surface area contributed by atoms with Crippen molar-refractivity contribution in [2.75, 3.05) is 0 Å². The molecule has 0 bridgehead atoms. The first-order valence-electron chi connectivity index (χ1n) is 5.81. The van der Waals surface area contributed by atoms with Crippen molar-refractivity contribution < 1.29 is 19.1 Å². The number of halogens is 3. The van der Waals surface area contributed by atoms with E-state index in [1.807, 2.05) is 0 Å². The maximum Gasteiger partial charge on any atom is 0.305 e. The summed E-state index contributed by atoms with van der Waals surface area (Å²) in [4.78, 5) is 22.1. The number of amides is 1. The van der Waals surface area contributed by atoms with Crippen molar-refractivity contribution in [3.8, 4) is 0 Å². The summed E-state index contributed by atoms with van der Waals surface area (Å²) >= 11 is 9.82. The first-order chi connectivity index (χ1) is 10.4. The van der Waals surface area contributed by atoms with Gasteiger partial charge in [-0.1, -0.05) is 39.3 Å². The molecule has 1 amide bonds. The number of carboxylic acid groups (broad SMARTS) is 1. The van der Waals surface area contributed by atoms with Gasteiger partial charge in [-0.05, 0) is 12.1 Å². The summed E-state index contributed by atoms with van der Waals surface area (Å²) in [7, 11) is 0. The summed E-state index contributed by atoms with van der Waals surface area (Å²) in [5, 5.41) is 18.1. The van der Waals surface area contributed by atoms with Gasteiger partial charge in [-0.3, -0.25) is 9.59 Å². The molecular weight excluding hydrogens is 401 g/mol. The predicted molar refractivity (Wildman–Crippen MR) is 85.9 cm³/mol. The molecule has 0 aromatic heterocycles. The Balaban J connectivity index is 2.08. The highest BCUT2D eigenvalue weighted by molar-refractivity contribution is 9.10. The lowest BCUT2D eigenvalue weighted by Crippen LogP contribution is -2.26. The Morgan fingerprint density at radius 3 is 3.00 bits per heavy atom. The predicted octanol–water partition coefficient (Wildman–Crippen LogP) is 2.64. The molecule has 0 radical (unpaired) electrons. The minimum absolute atomic E-state index is 0.0534. The SMILES string of the molecule is O=C(O)CC1SC(=NN=Cc2cc(Cl)c(F)cc2Br)NC1=O. The second-order valence-corrected chi connectivity index (χ2v) is 6.58. The number of nitrogens with zero attached hydrogens (tertiary/aromatic N) is 2. The highest BCUT2D eigenvalue weighted by Crippen LogP contribution is 2.24. The van der Waals surface area contributed by atoms with Crippen molar-refractivity contribution in [3.05, 3.63) is 33.0 Å². The third-order valence-corrected chi connectivity index (χ3v) is 4.57. The molecule has 2 rings (SSSR count). The number of benzene rings is 1. The van der Waals surface area contributed by atoms with E-state index in [0.29, 0.717) is 10.0 Å². The molecule has 116 valence electrons. The van der Waals surface area contributed by atoms with Crippen molar-refractivity contribution >= 4 is 62.6 Å². The van der Waals surface area contributed by atoms with Crippen LogP contribution in [0.15, 0.2) is 26.8 Å². The van der Waals surface area contributed by atoms with Crippen LogP contribution >= 0.6 is 39.3 Å². The minimum Gasteiger partial charge on any atom is -0.481 e. The van der Waals surface area contributed by atoms with Crippen molar-refractivity contribution in [2.24, 2.45) is 10.2 Å². The molecule has 1 unspecified atom stereocenters. The molecule has 1 fully saturated rings. The van der Waals surface area contributed by atoms with Crippen LogP contribution in [0.1, 0.15) is 12.0 Å². The molecule has 1 aromatic carbocycles. The van der Waals surface area contributed by atoms with Crippen LogP contribution in [0.5, 0.6) is 0 Å². The molecule has 10 heteroatoms. The molecule has 0 spiro atoms. The maximum atomic E-state index is 13.2. The molecule has 1 aliphatic heterocycles. The van der Waals surface area contributed by atoms with Crippen LogP contribution in [-0.2, 0) is 9.59 Å². The number of carboxylic acids is 1. The van der Waals surface area contributed by atoms with Crippen LogP contribution in [0, 0.1) is 5.82 Å². The quantitative estimate of drug-likeness (QED) is 0.455. The van der Waals surface area contributed by atoms with Gasteiger partial charge in [0.1, 0.15) is 11.1 Å². The Hall–Kier alpha value is -1.45. The molecular formula is C12H8BrClFN3O3S. The van der Waals surface area contributed by atoms with E-state index in [2.05, 4.69) is 31.4 Å². The lowest BCUT2D eigenvalue weighted by molar-refractivity contribution is -0.138. The lowest BCUT2D eigenvalue weighted by Gasteiger charge is -1.99. The summed E-state index contributed by atoms with van der Waals surface area (Å²) in [6.45, 7) is 0. The number of amidine groups is 1. The topological polar surface area (TPSA) is 91.1 Å². The fraction of sp³-hybridized carbons (Fsp3) is 0.167. The zero-order valence-electron chi connectivity index (χ0n) is 10.7. The van der Waals surface area contributed by atoms with Gasteiger partial charge in [-0.25, -0.2) is 4.39 Å². The second kappa shape index (κ2) is 7.21. The van der Waals surface area contributed by atoms with Gasteiger partial charge < -0.3 is 10.4 Å². The molecule has 1 atom stereocenters. The summed E-state index contributed by atoms with van der Waals surface area (Å²) in [6, 6.07) is 2.57. The number of aliphatic carboxylic acids is 1. The van der Waals surface area contributed by atoms with Gasteiger partial charge in [0.15, 0.2) is 5.17 Å². The fourth-order valence-corrected chi connectivity index (χ4v) is 3.03. The normalized spacial score (nSPS) is 19.9. The zero-order chi connectivity index (χ0) is 16.3. The molecule has 1 aliphatic rings. The van der Waals surface area contributed by atoms with Crippen molar-refractivity contribution in [2.45, 2.75) is 11.7 Å². The van der Waals surface area contributed by atoms with Gasteiger partial charge in [0, 0.05) is 10.0 Å². The van der Waals surface area contributed by atoms with Gasteiger partial charge >= 0.3 is 5.97 Å². The number of hydrogen-bond donors (Lipinski definition) is 2. The lowest BCUT2D eigenvalue weighted by atomic mass is 10.2. The van der Waals surface area contributed by atoms with Gasteiger partial charge in [0.25, 0.3) is 0 Å². The molecule has 0 aliphatic carbocycles. The first kappa shape index (κ1) is 16.9. The Kier molecular flexibility index (Phi) is 5.54. The van der Waals surface area contributed by atoms with E-state index in [4.69, 9.17) is 16.7 Å². The number of carbonyl (C=O) groups is 2. The third kappa shape index (κ3) is 4.28. The van der Waals surface area contributed by atoms with E-state index in [9.17, 15) is 14.0 Å². The van der Waals surface area contributed by atoms with Crippen LogP contribution in [-0.4, -0.2) is 33.6 Å². The number of carbonyl (C=O) groups excluding carboxylic acids is 1. The number of rotatable bonds is 4. The van der Waals surface area contributed by atoms with Gasteiger partial charge in [-0.2, -0.15) is 5.10 Å². The molecule has 0 saturated carbocycles. The van der Waals surface area contributed by atoms with Crippen LogP contribution in [0.25, 0.3) is 0 Å². The molecule has 22 heavy (non-hydrogen) atoms. The smallest absolute Gasteiger partial charge is 0.305 e. The van der Waals surface area contributed by atoms with Gasteiger partial charge in [0.2, 0.25) is 5.91 Å². The second-order valence-electron chi connectivity index (χ2n) is 4.13. The Bertz CT molecular complexity index is 698. The van der Waals surface area contributed by atoms with E-state index in [-0.39, 0.29) is 16.6 Å². The van der Waals surface area contributed by atoms with Crippen LogP contribution in [0.4, 0.5) is 4.39 Å². The summed E-state index contributed by atoms with van der Waals surface area (Å²) in [5.41, 5.74) is 0.507. The zero-order valence-corrected chi connectivity index (χ0v) is 13.9.